The van der Waals surface area contributed by atoms with Crippen LogP contribution in [-0.4, -0.2) is 36.3 Å². The van der Waals surface area contributed by atoms with Crippen molar-refractivity contribution in [2.75, 3.05) is 25.6 Å². The molecule has 0 saturated heterocycles. The van der Waals surface area contributed by atoms with Gasteiger partial charge in [-0.15, -0.1) is 0 Å². The second-order valence-electron chi connectivity index (χ2n) is 5.06. The molecule has 7 nitrogen and oxygen atoms in total. The maximum atomic E-state index is 11.2. The summed E-state index contributed by atoms with van der Waals surface area (Å²) in [7, 11) is 1.26. The Morgan fingerprint density at radius 1 is 1.52 bits per heavy atom. The number of anilines is 1. The quantitative estimate of drug-likeness (QED) is 0.313. The summed E-state index contributed by atoms with van der Waals surface area (Å²) < 4.78 is 4.48. The van der Waals surface area contributed by atoms with E-state index in [2.05, 4.69) is 10.1 Å². The third-order valence-corrected chi connectivity index (χ3v) is 3.53. The van der Waals surface area contributed by atoms with Crippen molar-refractivity contribution in [3.05, 3.63) is 40.0 Å². The third kappa shape index (κ3) is 6.07. The van der Waals surface area contributed by atoms with Crippen LogP contribution in [0.1, 0.15) is 25.3 Å². The first-order valence-corrected chi connectivity index (χ1v) is 7.41. The molecule has 1 aromatic rings. The number of ether oxygens (including phenoxy) is 1. The number of nitro groups is 1. The molecule has 1 atom stereocenters. The minimum atomic E-state index is -0.523. The van der Waals surface area contributed by atoms with E-state index >= 15 is 0 Å². The molecular formula is C16H22N2O5. The topological polar surface area (TPSA) is 102 Å². The standard InChI is InChI=1S/C16H22N2O5/c1-3-12(8-9-19)11-17-14-6-4-13(5-7-16(20)23-2)10-15(14)18(21)22/h4-7,10,12,17,19H,3,8-9,11H2,1-2H3. The summed E-state index contributed by atoms with van der Waals surface area (Å²) in [5.41, 5.74) is 0.896. The second-order valence-corrected chi connectivity index (χ2v) is 5.06. The Labute approximate surface area is 135 Å². The normalized spacial score (nSPS) is 12.1. The molecule has 126 valence electrons. The van der Waals surface area contributed by atoms with Crippen LogP contribution in [0.15, 0.2) is 24.3 Å². The number of benzene rings is 1. The lowest BCUT2D eigenvalue weighted by molar-refractivity contribution is -0.384. The molecule has 0 heterocycles. The van der Waals surface area contributed by atoms with Crippen molar-refractivity contribution in [1.29, 1.82) is 0 Å². The zero-order chi connectivity index (χ0) is 17.2. The number of rotatable bonds is 9. The summed E-state index contributed by atoms with van der Waals surface area (Å²) in [5.74, 6) is -0.275. The van der Waals surface area contributed by atoms with E-state index in [0.717, 1.165) is 6.42 Å². The van der Waals surface area contributed by atoms with Gasteiger partial charge in [0.1, 0.15) is 5.69 Å². The Morgan fingerprint density at radius 3 is 2.83 bits per heavy atom. The molecule has 0 amide bonds. The van der Waals surface area contributed by atoms with Crippen LogP contribution in [0.4, 0.5) is 11.4 Å². The van der Waals surface area contributed by atoms with E-state index in [4.69, 9.17) is 5.11 Å². The molecule has 1 unspecified atom stereocenters. The van der Waals surface area contributed by atoms with Crippen molar-refractivity contribution in [2.24, 2.45) is 5.92 Å². The third-order valence-electron chi connectivity index (χ3n) is 3.53. The SMILES string of the molecule is CCC(CCO)CNc1ccc(C=CC(=O)OC)cc1[N+](=O)[O-]. The van der Waals surface area contributed by atoms with Crippen molar-refractivity contribution >= 4 is 23.4 Å². The van der Waals surface area contributed by atoms with Gasteiger partial charge < -0.3 is 15.2 Å². The van der Waals surface area contributed by atoms with Crippen LogP contribution in [0.2, 0.25) is 0 Å². The number of aliphatic hydroxyl groups excluding tert-OH is 1. The minimum absolute atomic E-state index is 0.0594. The number of carbonyl (C=O) groups excluding carboxylic acids is 1. The number of carbonyl (C=O) groups is 1. The van der Waals surface area contributed by atoms with Crippen LogP contribution in [0.3, 0.4) is 0 Å². The first kappa shape index (κ1) is 18.6. The zero-order valence-corrected chi connectivity index (χ0v) is 13.3. The van der Waals surface area contributed by atoms with Crippen molar-refractivity contribution in [3.8, 4) is 0 Å². The summed E-state index contributed by atoms with van der Waals surface area (Å²) in [6.45, 7) is 2.66. The van der Waals surface area contributed by atoms with Gasteiger partial charge in [0, 0.05) is 25.3 Å². The molecule has 0 saturated carbocycles. The average molecular weight is 322 g/mol. The molecule has 1 aromatic carbocycles. The lowest BCUT2D eigenvalue weighted by atomic mass is 10.0. The van der Waals surface area contributed by atoms with Crippen molar-refractivity contribution in [1.82, 2.24) is 0 Å². The van der Waals surface area contributed by atoms with Gasteiger partial charge in [-0.3, -0.25) is 10.1 Å². The van der Waals surface area contributed by atoms with E-state index in [9.17, 15) is 14.9 Å². The molecule has 7 heteroatoms. The molecule has 0 aliphatic heterocycles. The number of nitrogens with zero attached hydrogens (tertiary/aromatic N) is 1. The molecule has 0 radical (unpaired) electrons. The summed E-state index contributed by atoms with van der Waals surface area (Å²) in [6.07, 6.45) is 4.20. The first-order chi connectivity index (χ1) is 11.0. The van der Waals surface area contributed by atoms with E-state index in [-0.39, 0.29) is 18.2 Å². The molecular weight excluding hydrogens is 300 g/mol. The molecule has 0 aliphatic carbocycles. The highest BCUT2D eigenvalue weighted by molar-refractivity contribution is 5.87. The lowest BCUT2D eigenvalue weighted by Crippen LogP contribution is -2.15. The van der Waals surface area contributed by atoms with Crippen molar-refractivity contribution < 1.29 is 19.6 Å². The van der Waals surface area contributed by atoms with Crippen molar-refractivity contribution in [3.63, 3.8) is 0 Å². The van der Waals surface area contributed by atoms with E-state index in [1.807, 2.05) is 6.92 Å². The van der Waals surface area contributed by atoms with Gasteiger partial charge in [-0.1, -0.05) is 19.4 Å². The Bertz CT molecular complexity index is 572. The van der Waals surface area contributed by atoms with Gasteiger partial charge in [0.05, 0.1) is 12.0 Å². The fourth-order valence-corrected chi connectivity index (χ4v) is 2.07. The van der Waals surface area contributed by atoms with Crippen LogP contribution in [0.5, 0.6) is 0 Å². The Morgan fingerprint density at radius 2 is 2.26 bits per heavy atom. The summed E-state index contributed by atoms with van der Waals surface area (Å²) >= 11 is 0. The molecule has 2 N–H and O–H groups in total. The van der Waals surface area contributed by atoms with Gasteiger partial charge in [-0.05, 0) is 30.0 Å². The van der Waals surface area contributed by atoms with Crippen LogP contribution >= 0.6 is 0 Å². The number of nitrogens with one attached hydrogen (secondary N) is 1. The largest absolute Gasteiger partial charge is 0.466 e. The van der Waals surface area contributed by atoms with Gasteiger partial charge in [-0.25, -0.2) is 4.79 Å². The maximum absolute atomic E-state index is 11.2. The predicted octanol–water partition coefficient (Wildman–Crippen LogP) is 2.60. The molecule has 0 fully saturated rings. The molecule has 1 rings (SSSR count). The van der Waals surface area contributed by atoms with Crippen LogP contribution in [-0.2, 0) is 9.53 Å². The fourth-order valence-electron chi connectivity index (χ4n) is 2.07. The number of hydrogen-bond donors (Lipinski definition) is 2. The average Bonchev–Trinajstić information content (AvgIpc) is 2.56. The Balaban J connectivity index is 2.90. The highest BCUT2D eigenvalue weighted by Crippen LogP contribution is 2.26. The highest BCUT2D eigenvalue weighted by Gasteiger charge is 2.15. The van der Waals surface area contributed by atoms with Crippen molar-refractivity contribution in [2.45, 2.75) is 19.8 Å². The van der Waals surface area contributed by atoms with Gasteiger partial charge in [0.25, 0.3) is 5.69 Å². The smallest absolute Gasteiger partial charge is 0.330 e. The van der Waals surface area contributed by atoms with Gasteiger partial charge in [-0.2, -0.15) is 0 Å². The summed E-state index contributed by atoms with van der Waals surface area (Å²) in [4.78, 5) is 21.8. The predicted molar refractivity (Wildman–Crippen MR) is 88.1 cm³/mol. The van der Waals surface area contributed by atoms with Gasteiger partial charge in [0.15, 0.2) is 0 Å². The fraction of sp³-hybridized carbons (Fsp3) is 0.438. The van der Waals surface area contributed by atoms with E-state index in [1.54, 1.807) is 12.1 Å². The number of hydrogen-bond acceptors (Lipinski definition) is 6. The van der Waals surface area contributed by atoms with Crippen LogP contribution in [0, 0.1) is 16.0 Å². The minimum Gasteiger partial charge on any atom is -0.466 e. The number of methoxy groups -OCH3 is 1. The van der Waals surface area contributed by atoms with E-state index in [1.165, 1.54) is 25.3 Å². The number of esters is 1. The number of nitro benzene ring substituents is 1. The van der Waals surface area contributed by atoms with Gasteiger partial charge in [0.2, 0.25) is 0 Å². The summed E-state index contributed by atoms with van der Waals surface area (Å²) in [6, 6.07) is 4.69. The van der Waals surface area contributed by atoms with Gasteiger partial charge >= 0.3 is 5.97 Å². The van der Waals surface area contributed by atoms with Crippen LogP contribution < -0.4 is 5.32 Å². The van der Waals surface area contributed by atoms with Crippen LogP contribution in [0.25, 0.3) is 6.08 Å². The molecule has 0 aromatic heterocycles. The Kier molecular flexibility index (Phi) is 7.76. The van der Waals surface area contributed by atoms with E-state index in [0.29, 0.717) is 24.2 Å². The molecule has 23 heavy (non-hydrogen) atoms. The van der Waals surface area contributed by atoms with E-state index < -0.39 is 10.9 Å². The Hall–Kier alpha value is -2.41. The second kappa shape index (κ2) is 9.58. The first-order valence-electron chi connectivity index (χ1n) is 7.41. The number of aliphatic hydroxyl groups is 1. The maximum Gasteiger partial charge on any atom is 0.330 e. The summed E-state index contributed by atoms with van der Waals surface area (Å²) in [5, 5.41) is 23.3. The zero-order valence-electron chi connectivity index (χ0n) is 13.3. The highest BCUT2D eigenvalue weighted by atomic mass is 16.6. The molecule has 0 spiro atoms. The lowest BCUT2D eigenvalue weighted by Gasteiger charge is -2.15. The monoisotopic (exact) mass is 322 g/mol. The molecule has 0 aliphatic rings. The molecule has 0 bridgehead atoms.